The van der Waals surface area contributed by atoms with Crippen LogP contribution in [0.4, 0.5) is 4.39 Å². The van der Waals surface area contributed by atoms with Gasteiger partial charge in [-0.25, -0.2) is 4.39 Å². The van der Waals surface area contributed by atoms with Crippen molar-refractivity contribution in [1.29, 1.82) is 0 Å². The molecule has 1 saturated carbocycles. The van der Waals surface area contributed by atoms with Gasteiger partial charge in [0.25, 0.3) is 0 Å². The van der Waals surface area contributed by atoms with Crippen LogP contribution < -0.4 is 0 Å². The van der Waals surface area contributed by atoms with Crippen molar-refractivity contribution >= 4 is 16.5 Å². The third-order valence-electron chi connectivity index (χ3n) is 8.97. The van der Waals surface area contributed by atoms with Crippen LogP contribution in [0.2, 0.25) is 0 Å². The molecule has 0 spiro atoms. The van der Waals surface area contributed by atoms with E-state index in [0.29, 0.717) is 0 Å². The van der Waals surface area contributed by atoms with Crippen LogP contribution in [0.5, 0.6) is 0 Å². The second kappa shape index (κ2) is 13.7. The smallest absolute Gasteiger partial charge is 0.124 e. The highest BCUT2D eigenvalue weighted by Gasteiger charge is 2.19. The summed E-state index contributed by atoms with van der Waals surface area (Å²) in [5.74, 6) is 0.519. The maximum Gasteiger partial charge on any atom is 0.124 e. The summed E-state index contributed by atoms with van der Waals surface area (Å²) in [6.07, 6.45) is 19.0. The van der Waals surface area contributed by atoms with Gasteiger partial charge in [0, 0.05) is 34.6 Å². The Kier molecular flexibility index (Phi) is 9.36. The number of H-pyrrole nitrogens is 2. The normalized spacial score (nSPS) is 14.5. The molecule has 0 radical (unpaired) electrons. The average Bonchev–Trinajstić information content (AvgIpc) is 3.63. The highest BCUT2D eigenvalue weighted by Crippen LogP contribution is 2.35. The van der Waals surface area contributed by atoms with E-state index in [4.69, 9.17) is 4.98 Å². The van der Waals surface area contributed by atoms with Gasteiger partial charge in [0.2, 0.25) is 0 Å². The molecule has 0 bridgehead atoms. The highest BCUT2D eigenvalue weighted by molar-refractivity contribution is 5.95. The first-order chi connectivity index (χ1) is 21.9. The Balaban J connectivity index is 1.31. The molecule has 2 N–H and O–H groups in total. The number of nitrogens with zero attached hydrogens (tertiary/aromatic N) is 4. The average molecular weight is 603 g/mol. The van der Waals surface area contributed by atoms with Crippen LogP contribution in [0.15, 0.2) is 73.7 Å². The van der Waals surface area contributed by atoms with E-state index in [1.165, 1.54) is 37.7 Å². The number of allylic oxidation sites excluding steroid dienone is 2. The summed E-state index contributed by atoms with van der Waals surface area (Å²) < 4.78 is 14.9. The van der Waals surface area contributed by atoms with Crippen LogP contribution in [0.1, 0.15) is 66.5 Å². The summed E-state index contributed by atoms with van der Waals surface area (Å²) in [5, 5.41) is 8.82. The molecule has 1 aliphatic rings. The summed E-state index contributed by atoms with van der Waals surface area (Å²) >= 11 is 0. The number of aromatic amines is 2. The summed E-state index contributed by atoms with van der Waals surface area (Å²) in [5.41, 5.74) is 10.4. The maximum atomic E-state index is 14.9. The molecule has 4 heterocycles. The second-order valence-corrected chi connectivity index (χ2v) is 12.8. The number of rotatable bonds is 11. The third kappa shape index (κ3) is 7.15. The Hall–Kier alpha value is -4.36. The molecule has 7 heteroatoms. The number of aromatic nitrogens is 5. The fourth-order valence-electron chi connectivity index (χ4n) is 6.72. The van der Waals surface area contributed by atoms with E-state index < -0.39 is 0 Å². The predicted molar refractivity (Wildman–Crippen MR) is 182 cm³/mol. The van der Waals surface area contributed by atoms with Gasteiger partial charge in [-0.2, -0.15) is 5.10 Å². The first kappa shape index (κ1) is 30.7. The van der Waals surface area contributed by atoms with Crippen molar-refractivity contribution in [2.24, 2.45) is 5.92 Å². The van der Waals surface area contributed by atoms with Gasteiger partial charge >= 0.3 is 0 Å². The van der Waals surface area contributed by atoms with E-state index in [0.717, 1.165) is 93.2 Å². The summed E-state index contributed by atoms with van der Waals surface area (Å²) in [6, 6.07) is 11.8. The fourth-order valence-corrected chi connectivity index (χ4v) is 6.72. The Morgan fingerprint density at radius 2 is 1.87 bits per heavy atom. The Morgan fingerprint density at radius 1 is 1.02 bits per heavy atom. The van der Waals surface area contributed by atoms with Crippen LogP contribution in [-0.4, -0.2) is 50.7 Å². The number of halogens is 1. The van der Waals surface area contributed by atoms with Gasteiger partial charge in [0.1, 0.15) is 11.5 Å². The Bertz CT molecular complexity index is 1820. The molecule has 0 unspecified atom stereocenters. The fraction of sp³-hybridized carbons (Fsp3) is 0.342. The number of pyridine rings is 2. The summed E-state index contributed by atoms with van der Waals surface area (Å²) in [4.78, 5) is 15.0. The number of fused-ring (bicyclic) bond motifs is 1. The topological polar surface area (TPSA) is 73.5 Å². The lowest BCUT2D eigenvalue weighted by Gasteiger charge is -2.21. The molecule has 5 aromatic rings. The van der Waals surface area contributed by atoms with Crippen molar-refractivity contribution in [3.8, 4) is 22.6 Å². The number of hydrogen-bond acceptors (Lipinski definition) is 4. The zero-order valence-corrected chi connectivity index (χ0v) is 26.7. The quantitative estimate of drug-likeness (QED) is 0.148. The van der Waals surface area contributed by atoms with Gasteiger partial charge in [-0.1, -0.05) is 56.9 Å². The van der Waals surface area contributed by atoms with Gasteiger partial charge in [-0.05, 0) is 105 Å². The lowest BCUT2D eigenvalue weighted by molar-refractivity contribution is 0.356. The zero-order valence-electron chi connectivity index (χ0n) is 26.7. The number of hydrogen-bond donors (Lipinski definition) is 2. The third-order valence-corrected chi connectivity index (χ3v) is 8.97. The maximum absolute atomic E-state index is 14.9. The highest BCUT2D eigenvalue weighted by atomic mass is 19.1. The first-order valence-electron chi connectivity index (χ1n) is 16.1. The number of aryl methyl sites for hydroxylation is 2. The molecule has 45 heavy (non-hydrogen) atoms. The van der Waals surface area contributed by atoms with Crippen molar-refractivity contribution in [3.05, 3.63) is 107 Å². The van der Waals surface area contributed by atoms with Crippen molar-refractivity contribution in [3.63, 3.8) is 0 Å². The molecule has 0 saturated heterocycles. The molecule has 0 amide bonds. The van der Waals surface area contributed by atoms with Crippen molar-refractivity contribution in [2.75, 3.05) is 20.6 Å². The van der Waals surface area contributed by atoms with Crippen LogP contribution in [0.3, 0.4) is 0 Å². The minimum atomic E-state index is -0.230. The molecule has 6 rings (SSSR count). The SMILES string of the molecule is C=C/C=C(/c1cc(F)cc(CCCN(C)C)c1)c1cc(-c2n[nH]c3cnc(-c4cncc(CC5CCCCC5)c4)cc23)[nH]c1C. The molecule has 1 aliphatic carbocycles. The molecular formula is C38H43FN6. The van der Waals surface area contributed by atoms with Gasteiger partial charge < -0.3 is 9.88 Å². The lowest BCUT2D eigenvalue weighted by Crippen LogP contribution is -2.13. The van der Waals surface area contributed by atoms with E-state index in [2.05, 4.69) is 70.0 Å². The molecular weight excluding hydrogens is 559 g/mol. The Labute approximate surface area is 265 Å². The van der Waals surface area contributed by atoms with Crippen LogP contribution in [0.25, 0.3) is 39.1 Å². The van der Waals surface area contributed by atoms with Crippen LogP contribution in [0, 0.1) is 18.7 Å². The van der Waals surface area contributed by atoms with Crippen molar-refractivity contribution < 1.29 is 4.39 Å². The molecule has 6 nitrogen and oxygen atoms in total. The Morgan fingerprint density at radius 3 is 2.67 bits per heavy atom. The van der Waals surface area contributed by atoms with Gasteiger partial charge in [-0.3, -0.25) is 15.1 Å². The van der Waals surface area contributed by atoms with Gasteiger partial charge in [-0.15, -0.1) is 0 Å². The van der Waals surface area contributed by atoms with Crippen molar-refractivity contribution in [2.45, 2.75) is 58.3 Å². The lowest BCUT2D eigenvalue weighted by atomic mass is 9.85. The van der Waals surface area contributed by atoms with E-state index in [1.54, 1.807) is 18.2 Å². The van der Waals surface area contributed by atoms with E-state index >= 15 is 0 Å². The largest absolute Gasteiger partial charge is 0.357 e. The minimum absolute atomic E-state index is 0.230. The first-order valence-corrected chi connectivity index (χ1v) is 16.1. The molecule has 0 atom stereocenters. The summed E-state index contributed by atoms with van der Waals surface area (Å²) in [7, 11) is 4.11. The second-order valence-electron chi connectivity index (χ2n) is 12.8. The molecule has 232 valence electrons. The van der Waals surface area contributed by atoms with E-state index in [1.807, 2.05) is 31.6 Å². The van der Waals surface area contributed by atoms with Crippen molar-refractivity contribution in [1.82, 2.24) is 30.0 Å². The van der Waals surface area contributed by atoms with Gasteiger partial charge in [0.05, 0.1) is 23.1 Å². The van der Waals surface area contributed by atoms with E-state index in [-0.39, 0.29) is 5.82 Å². The summed E-state index contributed by atoms with van der Waals surface area (Å²) in [6.45, 7) is 6.95. The standard InChI is InChI=1S/C38H43FN6/c1-5-10-32(29-16-27(18-31(39)19-29)13-9-14-45(3)4)33-20-36(42-25(33)2)38-34-21-35(41-24-37(34)43-44-38)30-17-28(22-40-23-30)15-26-11-7-6-8-12-26/h5,10,16-24,26,42H,1,6-9,11-15H2,2-4H3,(H,43,44)/b32-10-. The molecule has 0 aliphatic heterocycles. The monoisotopic (exact) mass is 602 g/mol. The molecule has 1 aromatic carbocycles. The van der Waals surface area contributed by atoms with Gasteiger partial charge in [0.15, 0.2) is 0 Å². The van der Waals surface area contributed by atoms with E-state index in [9.17, 15) is 4.39 Å². The van der Waals surface area contributed by atoms with Crippen LogP contribution >= 0.6 is 0 Å². The predicted octanol–water partition coefficient (Wildman–Crippen LogP) is 8.70. The zero-order chi connectivity index (χ0) is 31.3. The minimum Gasteiger partial charge on any atom is -0.357 e. The number of benzene rings is 1. The van der Waals surface area contributed by atoms with Crippen LogP contribution in [-0.2, 0) is 12.8 Å². The number of nitrogens with one attached hydrogen (secondary N) is 2. The molecule has 4 aromatic heterocycles. The molecule has 1 fully saturated rings.